The molecule has 0 heterocycles. The van der Waals surface area contributed by atoms with Gasteiger partial charge in [0.1, 0.15) is 5.82 Å². The smallest absolute Gasteiger partial charge is 0.141 e. The third-order valence-electron chi connectivity index (χ3n) is 1.84. The maximum absolute atomic E-state index is 12.8. The maximum Gasteiger partial charge on any atom is 0.141 e. The standard InChI is InChI=1S/C10H13ClFNO2/c11-9-3-7(1-2-10(9)12)5-15-6-8(14)4-13/h1-3,8,14H,4-6,13H2. The summed E-state index contributed by atoms with van der Waals surface area (Å²) >= 11 is 5.58. The molecule has 0 spiro atoms. The Hall–Kier alpha value is -0.680. The zero-order valence-corrected chi connectivity index (χ0v) is 8.88. The van der Waals surface area contributed by atoms with Crippen molar-refractivity contribution < 1.29 is 14.2 Å². The van der Waals surface area contributed by atoms with Gasteiger partial charge in [0.25, 0.3) is 0 Å². The van der Waals surface area contributed by atoms with Crippen molar-refractivity contribution in [3.8, 4) is 0 Å². The molecule has 1 aromatic carbocycles. The average Bonchev–Trinajstić information content (AvgIpc) is 2.23. The van der Waals surface area contributed by atoms with Gasteiger partial charge in [-0.25, -0.2) is 4.39 Å². The van der Waals surface area contributed by atoms with Crippen LogP contribution >= 0.6 is 11.6 Å². The zero-order valence-electron chi connectivity index (χ0n) is 8.12. The van der Waals surface area contributed by atoms with Gasteiger partial charge in [-0.05, 0) is 17.7 Å². The fraction of sp³-hybridized carbons (Fsp3) is 0.400. The molecule has 0 radical (unpaired) electrons. The van der Waals surface area contributed by atoms with Gasteiger partial charge in [0.15, 0.2) is 0 Å². The van der Waals surface area contributed by atoms with Crippen molar-refractivity contribution in [1.29, 1.82) is 0 Å². The van der Waals surface area contributed by atoms with Crippen LogP contribution in [0.15, 0.2) is 18.2 Å². The van der Waals surface area contributed by atoms with E-state index in [4.69, 9.17) is 27.2 Å². The molecule has 15 heavy (non-hydrogen) atoms. The molecule has 0 fully saturated rings. The van der Waals surface area contributed by atoms with Crippen LogP contribution < -0.4 is 5.73 Å². The summed E-state index contributed by atoms with van der Waals surface area (Å²) in [6, 6.07) is 4.35. The number of rotatable bonds is 5. The fourth-order valence-corrected chi connectivity index (χ4v) is 1.21. The highest BCUT2D eigenvalue weighted by atomic mass is 35.5. The predicted molar refractivity (Wildman–Crippen MR) is 56.1 cm³/mol. The predicted octanol–water partition coefficient (Wildman–Crippen LogP) is 1.32. The molecule has 0 aliphatic carbocycles. The van der Waals surface area contributed by atoms with Gasteiger partial charge in [0, 0.05) is 6.54 Å². The Morgan fingerprint density at radius 3 is 2.87 bits per heavy atom. The first-order chi connectivity index (χ1) is 7.13. The summed E-state index contributed by atoms with van der Waals surface area (Å²) in [5.74, 6) is -0.456. The van der Waals surface area contributed by atoms with E-state index in [0.717, 1.165) is 5.56 Å². The number of benzene rings is 1. The number of hydrogen-bond acceptors (Lipinski definition) is 3. The van der Waals surface area contributed by atoms with Crippen LogP contribution in [0.4, 0.5) is 4.39 Å². The molecule has 1 aromatic rings. The van der Waals surface area contributed by atoms with Crippen LogP contribution in [-0.4, -0.2) is 24.4 Å². The molecule has 0 saturated carbocycles. The van der Waals surface area contributed by atoms with Crippen LogP contribution in [0.25, 0.3) is 0 Å². The van der Waals surface area contributed by atoms with E-state index in [1.54, 1.807) is 6.07 Å². The van der Waals surface area contributed by atoms with Crippen LogP contribution in [0.5, 0.6) is 0 Å². The number of aliphatic hydroxyl groups is 1. The largest absolute Gasteiger partial charge is 0.389 e. The van der Waals surface area contributed by atoms with Gasteiger partial charge in [0.05, 0.1) is 24.3 Å². The lowest BCUT2D eigenvalue weighted by molar-refractivity contribution is 0.0329. The van der Waals surface area contributed by atoms with E-state index < -0.39 is 11.9 Å². The molecule has 1 atom stereocenters. The quantitative estimate of drug-likeness (QED) is 0.807. The number of halogens is 2. The van der Waals surface area contributed by atoms with Crippen molar-refractivity contribution in [2.45, 2.75) is 12.7 Å². The van der Waals surface area contributed by atoms with Crippen molar-refractivity contribution in [1.82, 2.24) is 0 Å². The SMILES string of the molecule is NCC(O)COCc1ccc(F)c(Cl)c1. The summed E-state index contributed by atoms with van der Waals surface area (Å²) in [6.07, 6.45) is -0.666. The monoisotopic (exact) mass is 233 g/mol. The molecule has 1 rings (SSSR count). The summed E-state index contributed by atoms with van der Waals surface area (Å²) in [7, 11) is 0. The molecule has 3 N–H and O–H groups in total. The van der Waals surface area contributed by atoms with E-state index in [1.165, 1.54) is 12.1 Å². The van der Waals surface area contributed by atoms with Crippen molar-refractivity contribution in [2.24, 2.45) is 5.73 Å². The third kappa shape index (κ3) is 4.13. The number of aliphatic hydroxyl groups excluding tert-OH is 1. The van der Waals surface area contributed by atoms with Gasteiger partial charge >= 0.3 is 0 Å². The molecule has 0 amide bonds. The summed E-state index contributed by atoms with van der Waals surface area (Å²) in [4.78, 5) is 0. The summed E-state index contributed by atoms with van der Waals surface area (Å²) < 4.78 is 17.9. The average molecular weight is 234 g/mol. The molecular formula is C10H13ClFNO2. The van der Waals surface area contributed by atoms with Gasteiger partial charge in [-0.2, -0.15) is 0 Å². The topological polar surface area (TPSA) is 55.5 Å². The van der Waals surface area contributed by atoms with E-state index in [9.17, 15) is 4.39 Å². The Morgan fingerprint density at radius 2 is 2.27 bits per heavy atom. The minimum absolute atomic E-state index is 0.0653. The lowest BCUT2D eigenvalue weighted by Gasteiger charge is -2.08. The second-order valence-electron chi connectivity index (χ2n) is 3.15. The first-order valence-corrected chi connectivity index (χ1v) is 4.91. The summed E-state index contributed by atoms with van der Waals surface area (Å²) in [5.41, 5.74) is 5.95. The van der Waals surface area contributed by atoms with E-state index >= 15 is 0 Å². The highest BCUT2D eigenvalue weighted by Gasteiger charge is 2.03. The molecule has 0 aliphatic heterocycles. The van der Waals surface area contributed by atoms with Crippen molar-refractivity contribution in [3.63, 3.8) is 0 Å². The van der Waals surface area contributed by atoms with Gasteiger partial charge in [-0.15, -0.1) is 0 Å². The molecule has 84 valence electrons. The highest BCUT2D eigenvalue weighted by Crippen LogP contribution is 2.16. The van der Waals surface area contributed by atoms with Gasteiger partial charge < -0.3 is 15.6 Å². The Labute approximate surface area is 92.6 Å². The highest BCUT2D eigenvalue weighted by molar-refractivity contribution is 6.30. The molecular weight excluding hydrogens is 221 g/mol. The van der Waals surface area contributed by atoms with E-state index in [1.807, 2.05) is 0 Å². The Kier molecular flexibility index (Phi) is 4.98. The van der Waals surface area contributed by atoms with Crippen LogP contribution in [0.1, 0.15) is 5.56 Å². The van der Waals surface area contributed by atoms with E-state index in [-0.39, 0.29) is 24.8 Å². The van der Waals surface area contributed by atoms with Crippen molar-refractivity contribution >= 4 is 11.6 Å². The lowest BCUT2D eigenvalue weighted by atomic mass is 10.2. The lowest BCUT2D eigenvalue weighted by Crippen LogP contribution is -2.24. The third-order valence-corrected chi connectivity index (χ3v) is 2.12. The zero-order chi connectivity index (χ0) is 11.3. The molecule has 0 saturated heterocycles. The summed E-state index contributed by atoms with van der Waals surface area (Å²) in [6.45, 7) is 0.590. The normalized spacial score (nSPS) is 12.8. The van der Waals surface area contributed by atoms with Gasteiger partial charge in [0.2, 0.25) is 0 Å². The fourth-order valence-electron chi connectivity index (χ4n) is 1.01. The van der Waals surface area contributed by atoms with Gasteiger partial charge in [-0.3, -0.25) is 0 Å². The molecule has 1 unspecified atom stereocenters. The number of hydrogen-bond donors (Lipinski definition) is 2. The van der Waals surface area contributed by atoms with Crippen LogP contribution in [-0.2, 0) is 11.3 Å². The molecule has 0 aromatic heterocycles. The van der Waals surface area contributed by atoms with Crippen LogP contribution in [0.2, 0.25) is 5.02 Å². The first-order valence-electron chi connectivity index (χ1n) is 4.53. The second kappa shape index (κ2) is 6.02. The first kappa shape index (κ1) is 12.4. The summed E-state index contributed by atoms with van der Waals surface area (Å²) in [5, 5.41) is 9.16. The second-order valence-corrected chi connectivity index (χ2v) is 3.56. The van der Waals surface area contributed by atoms with Crippen LogP contribution in [0.3, 0.4) is 0 Å². The minimum atomic E-state index is -0.666. The van der Waals surface area contributed by atoms with E-state index in [2.05, 4.69) is 0 Å². The van der Waals surface area contributed by atoms with E-state index in [0.29, 0.717) is 0 Å². The Bertz CT molecular complexity index is 322. The Balaban J connectivity index is 2.41. The molecule has 5 heteroatoms. The van der Waals surface area contributed by atoms with Gasteiger partial charge in [-0.1, -0.05) is 17.7 Å². The molecule has 0 aliphatic rings. The van der Waals surface area contributed by atoms with Crippen molar-refractivity contribution in [2.75, 3.05) is 13.2 Å². The van der Waals surface area contributed by atoms with Crippen LogP contribution in [0, 0.1) is 5.82 Å². The molecule has 0 bridgehead atoms. The number of ether oxygens (including phenoxy) is 1. The molecule has 3 nitrogen and oxygen atoms in total. The Morgan fingerprint density at radius 1 is 1.53 bits per heavy atom. The number of nitrogens with two attached hydrogens (primary N) is 1. The minimum Gasteiger partial charge on any atom is -0.389 e. The maximum atomic E-state index is 12.8. The van der Waals surface area contributed by atoms with Crippen molar-refractivity contribution in [3.05, 3.63) is 34.6 Å².